The molecule has 0 radical (unpaired) electrons. The molecular formula is C25H23BrN2O2. The van der Waals surface area contributed by atoms with Gasteiger partial charge in [0.2, 0.25) is 0 Å². The molecule has 152 valence electrons. The molecular weight excluding hydrogens is 440 g/mol. The molecule has 0 aliphatic carbocycles. The number of halogens is 1. The molecule has 0 spiro atoms. The monoisotopic (exact) mass is 462 g/mol. The molecule has 0 saturated carbocycles. The first-order chi connectivity index (χ1) is 14.7. The normalized spacial score (nSPS) is 16.0. The van der Waals surface area contributed by atoms with Gasteiger partial charge in [-0.2, -0.15) is 5.10 Å². The van der Waals surface area contributed by atoms with Gasteiger partial charge in [-0.1, -0.05) is 46.3 Å². The van der Waals surface area contributed by atoms with Gasteiger partial charge >= 0.3 is 0 Å². The molecule has 30 heavy (non-hydrogen) atoms. The van der Waals surface area contributed by atoms with E-state index in [-0.39, 0.29) is 6.04 Å². The summed E-state index contributed by atoms with van der Waals surface area (Å²) < 4.78 is 11.6. The average molecular weight is 463 g/mol. The SMILES string of the molecule is COc1ccc(/C=C/C2=NN(c3ccc(Br)cc3)C(c3ccc(OC)cc3)C2)cc1. The van der Waals surface area contributed by atoms with E-state index in [1.807, 2.05) is 48.5 Å². The maximum atomic E-state index is 5.31. The van der Waals surface area contributed by atoms with E-state index < -0.39 is 0 Å². The van der Waals surface area contributed by atoms with Crippen LogP contribution >= 0.6 is 15.9 Å². The fraction of sp³-hybridized carbons (Fsp3) is 0.160. The number of allylic oxidation sites excluding steroid dienone is 1. The summed E-state index contributed by atoms with van der Waals surface area (Å²) in [6, 6.07) is 24.6. The Morgan fingerprint density at radius 1 is 0.833 bits per heavy atom. The third-order valence-electron chi connectivity index (χ3n) is 5.11. The van der Waals surface area contributed by atoms with Gasteiger partial charge in [0.15, 0.2) is 0 Å². The lowest BCUT2D eigenvalue weighted by atomic mass is 10.0. The van der Waals surface area contributed by atoms with Gasteiger partial charge in [0.1, 0.15) is 11.5 Å². The van der Waals surface area contributed by atoms with Gasteiger partial charge < -0.3 is 9.47 Å². The molecule has 0 fully saturated rings. The molecule has 1 unspecified atom stereocenters. The number of hydrogen-bond acceptors (Lipinski definition) is 4. The molecule has 4 rings (SSSR count). The van der Waals surface area contributed by atoms with Crippen molar-refractivity contribution in [3.8, 4) is 11.5 Å². The Bertz CT molecular complexity index is 1040. The predicted octanol–water partition coefficient (Wildman–Crippen LogP) is 6.49. The molecule has 0 aromatic heterocycles. The van der Waals surface area contributed by atoms with Crippen molar-refractivity contribution in [1.29, 1.82) is 0 Å². The zero-order chi connectivity index (χ0) is 20.9. The number of methoxy groups -OCH3 is 2. The number of benzene rings is 3. The number of rotatable bonds is 6. The highest BCUT2D eigenvalue weighted by Crippen LogP contribution is 2.36. The van der Waals surface area contributed by atoms with Crippen molar-refractivity contribution in [2.75, 3.05) is 19.2 Å². The van der Waals surface area contributed by atoms with E-state index in [0.29, 0.717) is 0 Å². The summed E-state index contributed by atoms with van der Waals surface area (Å²) in [5, 5.41) is 7.03. The number of nitrogens with zero attached hydrogens (tertiary/aromatic N) is 2. The van der Waals surface area contributed by atoms with Crippen molar-refractivity contribution in [3.63, 3.8) is 0 Å². The lowest BCUT2D eigenvalue weighted by Gasteiger charge is -2.24. The van der Waals surface area contributed by atoms with Crippen LogP contribution in [0.5, 0.6) is 11.5 Å². The van der Waals surface area contributed by atoms with Crippen LogP contribution < -0.4 is 14.5 Å². The fourth-order valence-electron chi connectivity index (χ4n) is 3.46. The van der Waals surface area contributed by atoms with E-state index >= 15 is 0 Å². The van der Waals surface area contributed by atoms with Gasteiger partial charge in [0, 0.05) is 10.9 Å². The minimum Gasteiger partial charge on any atom is -0.497 e. The number of hydrazone groups is 1. The van der Waals surface area contributed by atoms with Crippen LogP contribution in [0.1, 0.15) is 23.6 Å². The summed E-state index contributed by atoms with van der Waals surface area (Å²) >= 11 is 3.51. The lowest BCUT2D eigenvalue weighted by molar-refractivity contribution is 0.414. The molecule has 0 saturated heterocycles. The predicted molar refractivity (Wildman–Crippen MR) is 126 cm³/mol. The van der Waals surface area contributed by atoms with Crippen molar-refractivity contribution in [1.82, 2.24) is 0 Å². The maximum Gasteiger partial charge on any atom is 0.118 e. The molecule has 1 aliphatic heterocycles. The second-order valence-electron chi connectivity index (χ2n) is 7.01. The summed E-state index contributed by atoms with van der Waals surface area (Å²) in [6.07, 6.45) is 5.01. The summed E-state index contributed by atoms with van der Waals surface area (Å²) in [5.74, 6) is 1.71. The Labute approximate surface area is 185 Å². The summed E-state index contributed by atoms with van der Waals surface area (Å²) in [4.78, 5) is 0. The van der Waals surface area contributed by atoms with Crippen LogP contribution in [0.3, 0.4) is 0 Å². The van der Waals surface area contributed by atoms with Crippen LogP contribution in [0, 0.1) is 0 Å². The fourth-order valence-corrected chi connectivity index (χ4v) is 3.72. The van der Waals surface area contributed by atoms with E-state index in [1.165, 1.54) is 5.56 Å². The number of ether oxygens (including phenoxy) is 2. The molecule has 0 N–H and O–H groups in total. The number of anilines is 1. The topological polar surface area (TPSA) is 34.1 Å². The Hall–Kier alpha value is -3.05. The van der Waals surface area contributed by atoms with Gasteiger partial charge in [-0.25, -0.2) is 0 Å². The van der Waals surface area contributed by atoms with Crippen molar-refractivity contribution in [2.45, 2.75) is 12.5 Å². The molecule has 0 bridgehead atoms. The summed E-state index contributed by atoms with van der Waals surface area (Å²) in [6.45, 7) is 0. The van der Waals surface area contributed by atoms with Gasteiger partial charge in [-0.3, -0.25) is 5.01 Å². The van der Waals surface area contributed by atoms with Crippen molar-refractivity contribution < 1.29 is 9.47 Å². The van der Waals surface area contributed by atoms with Crippen molar-refractivity contribution >= 4 is 33.4 Å². The molecule has 1 aliphatic rings. The molecule has 0 amide bonds. The lowest BCUT2D eigenvalue weighted by Crippen LogP contribution is -2.18. The van der Waals surface area contributed by atoms with Gasteiger partial charge in [0.25, 0.3) is 0 Å². The van der Waals surface area contributed by atoms with Crippen molar-refractivity contribution in [2.24, 2.45) is 5.10 Å². The molecule has 5 heteroatoms. The van der Waals surface area contributed by atoms with E-state index in [4.69, 9.17) is 14.6 Å². The van der Waals surface area contributed by atoms with Crippen LogP contribution in [0.15, 0.2) is 88.4 Å². The quantitative estimate of drug-likeness (QED) is 0.419. The Kier molecular flexibility index (Phi) is 6.19. The van der Waals surface area contributed by atoms with E-state index in [0.717, 1.165) is 39.4 Å². The minimum atomic E-state index is 0.132. The molecule has 3 aromatic rings. The molecule has 1 atom stereocenters. The van der Waals surface area contributed by atoms with Crippen LogP contribution in [0.4, 0.5) is 5.69 Å². The highest BCUT2D eigenvalue weighted by atomic mass is 79.9. The van der Waals surface area contributed by atoms with Gasteiger partial charge in [0.05, 0.1) is 31.7 Å². The van der Waals surface area contributed by atoms with Crippen LogP contribution in [-0.4, -0.2) is 19.9 Å². The Morgan fingerprint density at radius 2 is 1.43 bits per heavy atom. The van der Waals surface area contributed by atoms with E-state index in [9.17, 15) is 0 Å². The highest BCUT2D eigenvalue weighted by Gasteiger charge is 2.28. The first kappa shape index (κ1) is 20.2. The third kappa shape index (κ3) is 4.57. The van der Waals surface area contributed by atoms with Gasteiger partial charge in [-0.05, 0) is 65.7 Å². The third-order valence-corrected chi connectivity index (χ3v) is 5.64. The van der Waals surface area contributed by atoms with Gasteiger partial charge in [-0.15, -0.1) is 0 Å². The Morgan fingerprint density at radius 3 is 2.03 bits per heavy atom. The highest BCUT2D eigenvalue weighted by molar-refractivity contribution is 9.10. The first-order valence-corrected chi connectivity index (χ1v) is 10.5. The first-order valence-electron chi connectivity index (χ1n) is 9.74. The maximum absolute atomic E-state index is 5.31. The van der Waals surface area contributed by atoms with Crippen LogP contribution in [-0.2, 0) is 0 Å². The zero-order valence-electron chi connectivity index (χ0n) is 17.0. The Balaban J connectivity index is 1.61. The molecule has 4 nitrogen and oxygen atoms in total. The summed E-state index contributed by atoms with van der Waals surface area (Å²) in [5.41, 5.74) is 4.42. The summed E-state index contributed by atoms with van der Waals surface area (Å²) in [7, 11) is 3.36. The largest absolute Gasteiger partial charge is 0.497 e. The van der Waals surface area contributed by atoms with Crippen LogP contribution in [0.2, 0.25) is 0 Å². The second-order valence-corrected chi connectivity index (χ2v) is 7.93. The zero-order valence-corrected chi connectivity index (χ0v) is 18.5. The van der Waals surface area contributed by atoms with Crippen molar-refractivity contribution in [3.05, 3.63) is 94.5 Å². The van der Waals surface area contributed by atoms with E-state index in [1.54, 1.807) is 14.2 Å². The van der Waals surface area contributed by atoms with E-state index in [2.05, 4.69) is 57.4 Å². The second kappa shape index (κ2) is 9.18. The number of hydrogen-bond donors (Lipinski definition) is 0. The average Bonchev–Trinajstić information content (AvgIpc) is 3.23. The molecule has 1 heterocycles. The smallest absolute Gasteiger partial charge is 0.118 e. The molecule has 3 aromatic carbocycles. The van der Waals surface area contributed by atoms with Crippen LogP contribution in [0.25, 0.3) is 6.08 Å². The standard InChI is InChI=1S/C25H23BrN2O2/c1-29-23-13-4-18(5-14-23)3-10-21-17-25(19-6-15-24(30-2)16-7-19)28(27-21)22-11-8-20(26)9-12-22/h3-16,25H,17H2,1-2H3/b10-3+. The minimum absolute atomic E-state index is 0.132.